The number of hydrogen-bond acceptors (Lipinski definition) is 4. The van der Waals surface area contributed by atoms with Gasteiger partial charge in [0.2, 0.25) is 5.43 Å². The fourth-order valence-electron chi connectivity index (χ4n) is 3.72. The van der Waals surface area contributed by atoms with Crippen LogP contribution in [0.3, 0.4) is 0 Å². The maximum atomic E-state index is 14.0. The third kappa shape index (κ3) is 4.88. The van der Waals surface area contributed by atoms with E-state index < -0.39 is 22.9 Å². The van der Waals surface area contributed by atoms with Crippen LogP contribution in [0.15, 0.2) is 59.4 Å². The van der Waals surface area contributed by atoms with Crippen molar-refractivity contribution in [3.8, 4) is 22.8 Å². The standard InChI is InChI=1S/C26H19ClF3NO4/c1-14(32)15-4-8-23(19(27)11-15)34-9-10-35-26-24(16-3-6-20(29)21(30)12-16)31(2)22-7-5-17(28)13-18(22)25(26)33/h3-8,11-13H,9-10H2,1-2H3. The zero-order valence-corrected chi connectivity index (χ0v) is 19.5. The lowest BCUT2D eigenvalue weighted by atomic mass is 10.1. The second-order valence-electron chi connectivity index (χ2n) is 7.75. The van der Waals surface area contributed by atoms with Crippen molar-refractivity contribution in [3.05, 3.63) is 92.9 Å². The molecule has 0 amide bonds. The van der Waals surface area contributed by atoms with Gasteiger partial charge >= 0.3 is 0 Å². The summed E-state index contributed by atoms with van der Waals surface area (Å²) in [5.74, 6) is -2.73. The zero-order chi connectivity index (χ0) is 25.3. The molecule has 1 heterocycles. The number of ketones is 1. The third-order valence-electron chi connectivity index (χ3n) is 5.44. The highest BCUT2D eigenvalue weighted by Crippen LogP contribution is 2.32. The molecule has 0 unspecified atom stereocenters. The molecule has 4 aromatic rings. The Morgan fingerprint density at radius 1 is 0.943 bits per heavy atom. The highest BCUT2D eigenvalue weighted by atomic mass is 35.5. The van der Waals surface area contributed by atoms with E-state index in [2.05, 4.69) is 0 Å². The van der Waals surface area contributed by atoms with Crippen LogP contribution < -0.4 is 14.9 Å². The summed E-state index contributed by atoms with van der Waals surface area (Å²) in [7, 11) is 1.61. The average Bonchev–Trinajstić information content (AvgIpc) is 2.82. The molecule has 0 saturated heterocycles. The van der Waals surface area contributed by atoms with Crippen molar-refractivity contribution in [1.82, 2.24) is 4.57 Å². The number of aromatic nitrogens is 1. The number of aryl methyl sites for hydroxylation is 1. The van der Waals surface area contributed by atoms with Crippen LogP contribution in [-0.4, -0.2) is 23.6 Å². The summed E-state index contributed by atoms with van der Waals surface area (Å²) < 4.78 is 54.3. The molecule has 1 aromatic heterocycles. The third-order valence-corrected chi connectivity index (χ3v) is 5.74. The van der Waals surface area contributed by atoms with E-state index >= 15 is 0 Å². The van der Waals surface area contributed by atoms with E-state index in [4.69, 9.17) is 21.1 Å². The molecule has 0 radical (unpaired) electrons. The summed E-state index contributed by atoms with van der Waals surface area (Å²) in [6.07, 6.45) is 0. The Hall–Kier alpha value is -3.78. The smallest absolute Gasteiger partial charge is 0.231 e. The summed E-state index contributed by atoms with van der Waals surface area (Å²) in [5.41, 5.74) is 0.602. The van der Waals surface area contributed by atoms with Crippen LogP contribution in [0, 0.1) is 17.5 Å². The maximum Gasteiger partial charge on any atom is 0.231 e. The molecule has 0 saturated carbocycles. The molecule has 0 fully saturated rings. The van der Waals surface area contributed by atoms with E-state index in [1.807, 2.05) is 0 Å². The Balaban J connectivity index is 1.68. The van der Waals surface area contributed by atoms with E-state index in [1.54, 1.807) is 23.7 Å². The van der Waals surface area contributed by atoms with Crippen molar-refractivity contribution < 1.29 is 27.4 Å². The highest BCUT2D eigenvalue weighted by Gasteiger charge is 2.20. The van der Waals surface area contributed by atoms with Crippen molar-refractivity contribution in [2.24, 2.45) is 7.05 Å². The van der Waals surface area contributed by atoms with Crippen molar-refractivity contribution in [1.29, 1.82) is 0 Å². The molecule has 3 aromatic carbocycles. The molecule has 180 valence electrons. The molecule has 0 spiro atoms. The maximum absolute atomic E-state index is 14.0. The van der Waals surface area contributed by atoms with Crippen molar-refractivity contribution in [2.75, 3.05) is 13.2 Å². The van der Waals surface area contributed by atoms with Gasteiger partial charge in [-0.1, -0.05) is 11.6 Å². The first-order valence-electron chi connectivity index (χ1n) is 10.5. The SMILES string of the molecule is CC(=O)c1ccc(OCCOc2c(-c3ccc(F)c(F)c3)n(C)c3ccc(F)cc3c2=O)c(Cl)c1. The Labute approximate surface area is 203 Å². The summed E-state index contributed by atoms with van der Waals surface area (Å²) in [4.78, 5) is 24.7. The van der Waals surface area contributed by atoms with Crippen LogP contribution in [0.2, 0.25) is 5.02 Å². The van der Waals surface area contributed by atoms with Crippen LogP contribution >= 0.6 is 11.6 Å². The van der Waals surface area contributed by atoms with Gasteiger partial charge < -0.3 is 14.0 Å². The molecule has 9 heteroatoms. The number of benzene rings is 3. The fourth-order valence-corrected chi connectivity index (χ4v) is 3.95. The number of halogens is 4. The summed E-state index contributed by atoms with van der Waals surface area (Å²) >= 11 is 6.16. The highest BCUT2D eigenvalue weighted by molar-refractivity contribution is 6.32. The number of fused-ring (bicyclic) bond motifs is 1. The molecule has 0 aliphatic carbocycles. The van der Waals surface area contributed by atoms with Gasteiger partial charge in [-0.2, -0.15) is 0 Å². The van der Waals surface area contributed by atoms with Crippen LogP contribution in [0.5, 0.6) is 11.5 Å². The largest absolute Gasteiger partial charge is 0.488 e. The number of carbonyl (C=O) groups excluding carboxylic acids is 1. The van der Waals surface area contributed by atoms with Gasteiger partial charge in [-0.05, 0) is 61.5 Å². The minimum atomic E-state index is -1.09. The van der Waals surface area contributed by atoms with Crippen LogP contribution in [-0.2, 0) is 7.05 Å². The van der Waals surface area contributed by atoms with Crippen molar-refractivity contribution in [2.45, 2.75) is 6.92 Å². The van der Waals surface area contributed by atoms with Crippen LogP contribution in [0.4, 0.5) is 13.2 Å². The molecular weight excluding hydrogens is 483 g/mol. The minimum absolute atomic E-state index is 0.0271. The van der Waals surface area contributed by atoms with Gasteiger partial charge in [0.1, 0.15) is 24.8 Å². The predicted octanol–water partition coefficient (Wildman–Crippen LogP) is 5.94. The number of hydrogen-bond donors (Lipinski definition) is 0. The summed E-state index contributed by atoms with van der Waals surface area (Å²) in [5, 5.41) is 0.301. The number of ether oxygens (including phenoxy) is 2. The summed E-state index contributed by atoms with van der Waals surface area (Å²) in [6.45, 7) is 1.28. The van der Waals surface area contributed by atoms with E-state index in [0.29, 0.717) is 16.8 Å². The lowest BCUT2D eigenvalue weighted by molar-refractivity contribution is 0.101. The van der Waals surface area contributed by atoms with E-state index in [9.17, 15) is 22.8 Å². The van der Waals surface area contributed by atoms with Crippen molar-refractivity contribution in [3.63, 3.8) is 0 Å². The molecule has 5 nitrogen and oxygen atoms in total. The predicted molar refractivity (Wildman–Crippen MR) is 127 cm³/mol. The molecule has 0 N–H and O–H groups in total. The first kappa shape index (κ1) is 24.3. The number of pyridine rings is 1. The van der Waals surface area contributed by atoms with E-state index in [-0.39, 0.29) is 46.4 Å². The van der Waals surface area contributed by atoms with Gasteiger partial charge in [0.25, 0.3) is 0 Å². The lowest BCUT2D eigenvalue weighted by Gasteiger charge is -2.18. The number of rotatable bonds is 7. The number of nitrogens with zero attached hydrogens (tertiary/aromatic N) is 1. The second-order valence-corrected chi connectivity index (χ2v) is 8.16. The topological polar surface area (TPSA) is 57.5 Å². The Kier molecular flexibility index (Phi) is 6.84. The molecule has 0 aliphatic rings. The van der Waals surface area contributed by atoms with Crippen molar-refractivity contribution >= 4 is 28.3 Å². The molecular formula is C26H19ClF3NO4. The number of carbonyl (C=O) groups is 1. The van der Waals surface area contributed by atoms with Gasteiger partial charge in [-0.25, -0.2) is 13.2 Å². The normalized spacial score (nSPS) is 11.0. The Morgan fingerprint density at radius 2 is 1.69 bits per heavy atom. The zero-order valence-electron chi connectivity index (χ0n) is 18.7. The van der Waals surface area contributed by atoms with E-state index in [0.717, 1.165) is 18.2 Å². The lowest BCUT2D eigenvalue weighted by Crippen LogP contribution is -2.19. The minimum Gasteiger partial charge on any atom is -0.488 e. The molecule has 0 bridgehead atoms. The molecule has 4 rings (SSSR count). The average molecular weight is 502 g/mol. The summed E-state index contributed by atoms with van der Waals surface area (Å²) in [6, 6.07) is 11.5. The first-order valence-corrected chi connectivity index (χ1v) is 10.9. The van der Waals surface area contributed by atoms with Gasteiger partial charge in [0, 0.05) is 18.2 Å². The number of Topliss-reactive ketones (excluding diaryl/α,β-unsaturated/α-hetero) is 1. The second kappa shape index (κ2) is 9.84. The molecule has 0 atom stereocenters. The van der Waals surface area contributed by atoms with Gasteiger partial charge in [0.05, 0.1) is 21.6 Å². The van der Waals surface area contributed by atoms with Gasteiger partial charge in [-0.15, -0.1) is 0 Å². The van der Waals surface area contributed by atoms with Gasteiger partial charge in [0.15, 0.2) is 23.2 Å². The van der Waals surface area contributed by atoms with E-state index in [1.165, 1.54) is 31.2 Å². The quantitative estimate of drug-likeness (QED) is 0.232. The van der Waals surface area contributed by atoms with Crippen LogP contribution in [0.25, 0.3) is 22.2 Å². The fraction of sp³-hybridized carbons (Fsp3) is 0.154. The van der Waals surface area contributed by atoms with Crippen LogP contribution in [0.1, 0.15) is 17.3 Å². The monoisotopic (exact) mass is 501 g/mol. The first-order chi connectivity index (χ1) is 16.7. The Morgan fingerprint density at radius 3 is 2.37 bits per heavy atom. The van der Waals surface area contributed by atoms with Gasteiger partial charge in [-0.3, -0.25) is 9.59 Å². The Bertz CT molecular complexity index is 1520. The molecule has 35 heavy (non-hydrogen) atoms. The molecule has 0 aliphatic heterocycles.